The highest BCUT2D eigenvalue weighted by Gasteiger charge is 2.31. The van der Waals surface area contributed by atoms with Gasteiger partial charge in [-0.1, -0.05) is 80.9 Å². The Morgan fingerprint density at radius 1 is 0.750 bits per heavy atom. The summed E-state index contributed by atoms with van der Waals surface area (Å²) in [5.41, 5.74) is 2.80. The van der Waals surface area contributed by atoms with Crippen LogP contribution in [0, 0.1) is 21.7 Å². The molecule has 24 heavy (non-hydrogen) atoms. The molecule has 0 atom stereocenters. The molecule has 0 bridgehead atoms. The number of hydrogen-bond acceptors (Lipinski definition) is 0. The number of halogens is 1. The largest absolute Gasteiger partial charge is 0.126 e. The highest BCUT2D eigenvalue weighted by molar-refractivity contribution is 6.18. The van der Waals surface area contributed by atoms with Gasteiger partial charge in [0.25, 0.3) is 0 Å². The van der Waals surface area contributed by atoms with Gasteiger partial charge in [-0.15, -0.1) is 11.6 Å². The van der Waals surface area contributed by atoms with Gasteiger partial charge in [0.05, 0.1) is 0 Å². The van der Waals surface area contributed by atoms with Gasteiger partial charge >= 0.3 is 0 Å². The van der Waals surface area contributed by atoms with E-state index in [1.807, 2.05) is 0 Å². The normalized spacial score (nSPS) is 14.1. The first kappa shape index (κ1) is 24.0. The minimum absolute atomic E-state index is 0.248. The van der Waals surface area contributed by atoms with Gasteiger partial charge in [-0.25, -0.2) is 0 Å². The second kappa shape index (κ2) is 9.11. The summed E-state index contributed by atoms with van der Waals surface area (Å²) in [5.74, 6) is 0.747. The fraction of sp³-hybridized carbons (Fsp3) is 0.913. The first-order chi connectivity index (χ1) is 10.6. The van der Waals surface area contributed by atoms with E-state index < -0.39 is 0 Å². The summed E-state index contributed by atoms with van der Waals surface area (Å²) in [4.78, 5) is 0. The average Bonchev–Trinajstić information content (AvgIpc) is 2.42. The predicted octanol–water partition coefficient (Wildman–Crippen LogP) is 8.64. The molecule has 0 amide bonds. The van der Waals surface area contributed by atoms with Crippen LogP contribution in [0.4, 0.5) is 0 Å². The Kier molecular flexibility index (Phi) is 9.12. The third-order valence-electron chi connectivity index (χ3n) is 5.64. The highest BCUT2D eigenvalue weighted by atomic mass is 35.5. The summed E-state index contributed by atoms with van der Waals surface area (Å²) in [5, 5.41) is 0. The van der Waals surface area contributed by atoms with E-state index in [0.717, 1.165) is 12.3 Å². The Morgan fingerprint density at radius 2 is 1.25 bits per heavy atom. The molecule has 0 aliphatic heterocycles. The van der Waals surface area contributed by atoms with E-state index in [-0.39, 0.29) is 5.41 Å². The monoisotopic (exact) mass is 356 g/mol. The number of hydrogen-bond donors (Lipinski definition) is 0. The second-order valence-electron chi connectivity index (χ2n) is 11.2. The van der Waals surface area contributed by atoms with E-state index in [4.69, 9.17) is 11.6 Å². The van der Waals surface area contributed by atoms with Crippen LogP contribution in [0.2, 0.25) is 0 Å². The van der Waals surface area contributed by atoms with Gasteiger partial charge in [-0.2, -0.15) is 0 Å². The first-order valence-electron chi connectivity index (χ1n) is 9.86. The zero-order valence-corrected chi connectivity index (χ0v) is 19.0. The Morgan fingerprint density at radius 3 is 1.71 bits per heavy atom. The van der Waals surface area contributed by atoms with E-state index in [1.165, 1.54) is 44.1 Å². The summed E-state index contributed by atoms with van der Waals surface area (Å²) >= 11 is 6.10. The molecule has 0 aromatic rings. The lowest BCUT2D eigenvalue weighted by molar-refractivity contribution is 0.159. The van der Waals surface area contributed by atoms with Crippen LogP contribution in [0.25, 0.3) is 0 Å². The van der Waals surface area contributed by atoms with Crippen LogP contribution in [0.3, 0.4) is 0 Å². The van der Waals surface area contributed by atoms with Crippen molar-refractivity contribution in [3.8, 4) is 0 Å². The Bertz CT molecular complexity index is 385. The first-order valence-corrected chi connectivity index (χ1v) is 10.4. The van der Waals surface area contributed by atoms with Crippen LogP contribution in [-0.4, -0.2) is 5.88 Å². The maximum absolute atomic E-state index is 6.10. The van der Waals surface area contributed by atoms with Crippen LogP contribution in [-0.2, 0) is 0 Å². The van der Waals surface area contributed by atoms with Gasteiger partial charge in [0.1, 0.15) is 0 Å². The molecule has 0 aliphatic carbocycles. The molecule has 0 aromatic heterocycles. The molecule has 0 fully saturated rings. The van der Waals surface area contributed by atoms with Gasteiger partial charge in [-0.3, -0.25) is 0 Å². The van der Waals surface area contributed by atoms with Crippen molar-refractivity contribution in [3.63, 3.8) is 0 Å². The molecule has 0 saturated heterocycles. The van der Waals surface area contributed by atoms with E-state index in [1.54, 1.807) is 0 Å². The minimum atomic E-state index is 0.248. The number of alkyl halides is 1. The molecule has 0 N–H and O–H groups in total. The maximum atomic E-state index is 6.10. The van der Waals surface area contributed by atoms with Gasteiger partial charge in [0.15, 0.2) is 0 Å². The standard InChI is InChI=1S/C23H45Cl/c1-11-20(3,4)13-12-19(2)16-23(9,10)17-21(5,6)14-15-22(7,8)18-24/h2,11-18H2,1,3-10H3. The molecular weight excluding hydrogens is 312 g/mol. The SMILES string of the molecule is C=C(CCC(C)(C)CC)CC(C)(C)CC(C)(C)CCC(C)(C)CCl. The van der Waals surface area contributed by atoms with Crippen LogP contribution >= 0.6 is 11.6 Å². The zero-order valence-electron chi connectivity index (χ0n) is 18.2. The van der Waals surface area contributed by atoms with Crippen LogP contribution in [0.1, 0.15) is 107 Å². The van der Waals surface area contributed by atoms with Crippen LogP contribution in [0.15, 0.2) is 12.2 Å². The second-order valence-corrected chi connectivity index (χ2v) is 11.5. The maximum Gasteiger partial charge on any atom is 0.0274 e. The van der Waals surface area contributed by atoms with Crippen LogP contribution in [0.5, 0.6) is 0 Å². The molecule has 0 aromatic carbocycles. The third-order valence-corrected chi connectivity index (χ3v) is 6.36. The molecule has 1 heteroatoms. The molecule has 0 spiro atoms. The molecule has 0 saturated carbocycles. The summed E-state index contributed by atoms with van der Waals surface area (Å²) < 4.78 is 0. The number of rotatable bonds is 12. The Hall–Kier alpha value is 0.0300. The highest BCUT2D eigenvalue weighted by Crippen LogP contribution is 2.43. The van der Waals surface area contributed by atoms with E-state index >= 15 is 0 Å². The molecular formula is C23H45Cl. The Labute approximate surface area is 158 Å². The lowest BCUT2D eigenvalue weighted by Gasteiger charge is -2.37. The summed E-state index contributed by atoms with van der Waals surface area (Å²) in [6.45, 7) is 25.6. The van der Waals surface area contributed by atoms with Crippen molar-refractivity contribution >= 4 is 11.6 Å². The fourth-order valence-corrected chi connectivity index (χ4v) is 3.78. The minimum Gasteiger partial charge on any atom is -0.126 e. The van der Waals surface area contributed by atoms with Crippen molar-refractivity contribution in [2.24, 2.45) is 21.7 Å². The van der Waals surface area contributed by atoms with Gasteiger partial charge in [-0.05, 0) is 60.2 Å². The summed E-state index contributed by atoms with van der Waals surface area (Å²) in [6.07, 6.45) is 8.50. The number of allylic oxidation sites excluding steroid dienone is 1. The molecule has 0 nitrogen and oxygen atoms in total. The molecule has 0 heterocycles. The average molecular weight is 357 g/mol. The molecule has 0 rings (SSSR count). The van der Waals surface area contributed by atoms with E-state index in [2.05, 4.69) is 68.9 Å². The fourth-order valence-electron chi connectivity index (χ4n) is 3.65. The van der Waals surface area contributed by atoms with Crippen molar-refractivity contribution in [3.05, 3.63) is 12.2 Å². The van der Waals surface area contributed by atoms with Crippen molar-refractivity contribution in [2.45, 2.75) is 107 Å². The predicted molar refractivity (Wildman–Crippen MR) is 113 cm³/mol. The van der Waals surface area contributed by atoms with Gasteiger partial charge in [0, 0.05) is 5.88 Å². The Balaban J connectivity index is 4.52. The molecule has 144 valence electrons. The molecule has 0 unspecified atom stereocenters. The van der Waals surface area contributed by atoms with Crippen molar-refractivity contribution in [2.75, 3.05) is 5.88 Å². The smallest absolute Gasteiger partial charge is 0.0274 e. The van der Waals surface area contributed by atoms with Crippen molar-refractivity contribution in [1.82, 2.24) is 0 Å². The topological polar surface area (TPSA) is 0 Å². The lowest BCUT2D eigenvalue weighted by Crippen LogP contribution is -2.26. The van der Waals surface area contributed by atoms with E-state index in [0.29, 0.717) is 16.2 Å². The van der Waals surface area contributed by atoms with Gasteiger partial charge < -0.3 is 0 Å². The summed E-state index contributed by atoms with van der Waals surface area (Å²) in [6, 6.07) is 0. The summed E-state index contributed by atoms with van der Waals surface area (Å²) in [7, 11) is 0. The lowest BCUT2D eigenvalue weighted by atomic mass is 9.68. The molecule has 0 radical (unpaired) electrons. The third kappa shape index (κ3) is 10.8. The zero-order chi connectivity index (χ0) is 19.2. The van der Waals surface area contributed by atoms with E-state index in [9.17, 15) is 0 Å². The van der Waals surface area contributed by atoms with Gasteiger partial charge in [0.2, 0.25) is 0 Å². The van der Waals surface area contributed by atoms with Crippen molar-refractivity contribution in [1.29, 1.82) is 0 Å². The quantitative estimate of drug-likeness (QED) is 0.242. The van der Waals surface area contributed by atoms with Crippen LogP contribution < -0.4 is 0 Å². The van der Waals surface area contributed by atoms with Crippen molar-refractivity contribution < 1.29 is 0 Å². The molecule has 0 aliphatic rings.